The molecule has 0 aliphatic rings. The van der Waals surface area contributed by atoms with Crippen molar-refractivity contribution >= 4 is 27.8 Å². The van der Waals surface area contributed by atoms with E-state index >= 15 is 0 Å². The first kappa shape index (κ1) is 9.95. The number of nitrogen functional groups attached to an aromatic ring is 1. The standard InChI is InChI=1S/C10H9NO3S/c11-9-3-1-8-6-10(14-15(12)13)4-2-7(8)5-9/h1-6H,11H2,(H,12,13). The van der Waals surface area contributed by atoms with Gasteiger partial charge in [0.2, 0.25) is 0 Å². The summed E-state index contributed by atoms with van der Waals surface area (Å²) in [6, 6.07) is 10.5. The predicted molar refractivity (Wildman–Crippen MR) is 59.8 cm³/mol. The van der Waals surface area contributed by atoms with E-state index < -0.39 is 11.4 Å². The molecule has 78 valence electrons. The van der Waals surface area contributed by atoms with Crippen LogP contribution in [0.15, 0.2) is 36.4 Å². The predicted octanol–water partition coefficient (Wildman–Crippen LogP) is 1.94. The minimum atomic E-state index is -2.29. The Morgan fingerprint density at radius 1 is 1.13 bits per heavy atom. The lowest BCUT2D eigenvalue weighted by Crippen LogP contribution is -1.97. The van der Waals surface area contributed by atoms with Crippen molar-refractivity contribution in [3.63, 3.8) is 0 Å². The molecular formula is C10H9NO3S. The zero-order chi connectivity index (χ0) is 10.8. The van der Waals surface area contributed by atoms with Gasteiger partial charge < -0.3 is 9.92 Å². The van der Waals surface area contributed by atoms with E-state index in [1.165, 1.54) is 0 Å². The van der Waals surface area contributed by atoms with Crippen LogP contribution >= 0.6 is 0 Å². The summed E-state index contributed by atoms with van der Waals surface area (Å²) >= 11 is -2.29. The highest BCUT2D eigenvalue weighted by molar-refractivity contribution is 7.74. The van der Waals surface area contributed by atoms with Gasteiger partial charge in [-0.3, -0.25) is 4.55 Å². The lowest BCUT2D eigenvalue weighted by Gasteiger charge is -2.03. The molecule has 0 aromatic heterocycles. The second-order valence-corrected chi connectivity index (χ2v) is 3.67. The molecule has 0 aliphatic heterocycles. The number of benzene rings is 2. The fraction of sp³-hybridized carbons (Fsp3) is 0. The molecule has 2 rings (SSSR count). The van der Waals surface area contributed by atoms with Gasteiger partial charge in [0.1, 0.15) is 5.75 Å². The van der Waals surface area contributed by atoms with Gasteiger partial charge in [-0.05, 0) is 35.0 Å². The van der Waals surface area contributed by atoms with Crippen LogP contribution in [0.3, 0.4) is 0 Å². The topological polar surface area (TPSA) is 72.5 Å². The highest BCUT2D eigenvalue weighted by atomic mass is 32.2. The minimum Gasteiger partial charge on any atom is -0.399 e. The number of hydrogen-bond acceptors (Lipinski definition) is 3. The third kappa shape index (κ3) is 2.26. The van der Waals surface area contributed by atoms with E-state index in [1.54, 1.807) is 24.3 Å². The molecule has 2 aromatic rings. The Morgan fingerprint density at radius 3 is 2.53 bits per heavy atom. The van der Waals surface area contributed by atoms with Crippen LogP contribution in [0.1, 0.15) is 0 Å². The fourth-order valence-corrected chi connectivity index (χ4v) is 1.64. The van der Waals surface area contributed by atoms with Crippen LogP contribution in [-0.2, 0) is 11.4 Å². The van der Waals surface area contributed by atoms with Gasteiger partial charge in [-0.1, -0.05) is 12.1 Å². The second kappa shape index (κ2) is 3.88. The van der Waals surface area contributed by atoms with E-state index in [0.29, 0.717) is 11.4 Å². The Hall–Kier alpha value is -1.59. The number of rotatable bonds is 2. The molecule has 0 saturated carbocycles. The van der Waals surface area contributed by atoms with Crippen molar-refractivity contribution in [3.05, 3.63) is 36.4 Å². The molecule has 0 saturated heterocycles. The van der Waals surface area contributed by atoms with Crippen molar-refractivity contribution in [1.29, 1.82) is 0 Å². The van der Waals surface area contributed by atoms with E-state index in [2.05, 4.69) is 4.18 Å². The van der Waals surface area contributed by atoms with Gasteiger partial charge in [0, 0.05) is 5.69 Å². The lowest BCUT2D eigenvalue weighted by molar-refractivity contribution is 0.458. The third-order valence-electron chi connectivity index (χ3n) is 2.00. The van der Waals surface area contributed by atoms with Crippen molar-refractivity contribution in [1.82, 2.24) is 0 Å². The van der Waals surface area contributed by atoms with Crippen LogP contribution < -0.4 is 9.92 Å². The Balaban J connectivity index is 2.47. The van der Waals surface area contributed by atoms with E-state index in [9.17, 15) is 4.21 Å². The summed E-state index contributed by atoms with van der Waals surface area (Å²) in [6.07, 6.45) is 0. The van der Waals surface area contributed by atoms with Gasteiger partial charge in [0.25, 0.3) is 0 Å². The fourth-order valence-electron chi connectivity index (χ4n) is 1.38. The molecule has 0 heterocycles. The largest absolute Gasteiger partial charge is 0.399 e. The summed E-state index contributed by atoms with van der Waals surface area (Å²) in [4.78, 5) is 0. The smallest absolute Gasteiger partial charge is 0.357 e. The van der Waals surface area contributed by atoms with Crippen LogP contribution in [-0.4, -0.2) is 8.76 Å². The van der Waals surface area contributed by atoms with Gasteiger partial charge in [0.05, 0.1) is 0 Å². The first-order chi connectivity index (χ1) is 7.15. The Kier molecular flexibility index (Phi) is 2.57. The molecule has 0 spiro atoms. The molecule has 15 heavy (non-hydrogen) atoms. The van der Waals surface area contributed by atoms with Crippen LogP contribution in [0.25, 0.3) is 10.8 Å². The molecule has 0 radical (unpaired) electrons. The summed E-state index contributed by atoms with van der Waals surface area (Å²) in [5.41, 5.74) is 6.31. The summed E-state index contributed by atoms with van der Waals surface area (Å²) in [7, 11) is 0. The monoisotopic (exact) mass is 223 g/mol. The van der Waals surface area contributed by atoms with E-state index in [4.69, 9.17) is 10.3 Å². The molecule has 0 bridgehead atoms. The average molecular weight is 223 g/mol. The molecule has 1 atom stereocenters. The van der Waals surface area contributed by atoms with Crippen molar-refractivity contribution in [3.8, 4) is 5.75 Å². The minimum absolute atomic E-state index is 0.355. The molecule has 1 unspecified atom stereocenters. The van der Waals surface area contributed by atoms with Gasteiger partial charge in [0.15, 0.2) is 0 Å². The molecule has 4 nitrogen and oxygen atoms in total. The zero-order valence-corrected chi connectivity index (χ0v) is 8.53. The Labute approximate surface area is 89.2 Å². The quantitative estimate of drug-likeness (QED) is 0.602. The van der Waals surface area contributed by atoms with E-state index in [-0.39, 0.29) is 0 Å². The first-order valence-corrected chi connectivity index (χ1v) is 5.27. The molecule has 0 aliphatic carbocycles. The van der Waals surface area contributed by atoms with Crippen LogP contribution in [0, 0.1) is 0 Å². The van der Waals surface area contributed by atoms with Crippen LogP contribution in [0.5, 0.6) is 5.75 Å². The summed E-state index contributed by atoms with van der Waals surface area (Å²) < 4.78 is 23.6. The van der Waals surface area contributed by atoms with Gasteiger partial charge >= 0.3 is 11.4 Å². The second-order valence-electron chi connectivity index (χ2n) is 3.07. The highest BCUT2D eigenvalue weighted by Gasteiger charge is 2.00. The Morgan fingerprint density at radius 2 is 1.80 bits per heavy atom. The van der Waals surface area contributed by atoms with Crippen molar-refractivity contribution < 1.29 is 12.9 Å². The maximum atomic E-state index is 10.4. The number of fused-ring (bicyclic) bond motifs is 1. The molecule has 3 N–H and O–H groups in total. The van der Waals surface area contributed by atoms with Crippen molar-refractivity contribution in [2.75, 3.05) is 5.73 Å². The Bertz CT molecular complexity index is 527. The number of anilines is 1. The summed E-state index contributed by atoms with van der Waals surface area (Å²) in [5.74, 6) is 0.355. The summed E-state index contributed by atoms with van der Waals surface area (Å²) in [5, 5.41) is 1.87. The van der Waals surface area contributed by atoms with Crippen LogP contribution in [0.4, 0.5) is 5.69 Å². The lowest BCUT2D eigenvalue weighted by atomic mass is 10.1. The van der Waals surface area contributed by atoms with Crippen LogP contribution in [0.2, 0.25) is 0 Å². The van der Waals surface area contributed by atoms with Crippen molar-refractivity contribution in [2.45, 2.75) is 0 Å². The van der Waals surface area contributed by atoms with Gasteiger partial charge in [-0.15, -0.1) is 0 Å². The molecular weight excluding hydrogens is 214 g/mol. The van der Waals surface area contributed by atoms with Gasteiger partial charge in [-0.25, -0.2) is 0 Å². The number of hydrogen-bond donors (Lipinski definition) is 2. The van der Waals surface area contributed by atoms with E-state index in [1.807, 2.05) is 12.1 Å². The average Bonchev–Trinajstić information content (AvgIpc) is 2.17. The molecule has 0 fully saturated rings. The SMILES string of the molecule is Nc1ccc2cc(OS(=O)O)ccc2c1. The zero-order valence-electron chi connectivity index (χ0n) is 7.71. The number of nitrogens with two attached hydrogens (primary N) is 1. The normalized spacial score (nSPS) is 12.6. The third-order valence-corrected chi connectivity index (χ3v) is 2.34. The molecule has 0 amide bonds. The van der Waals surface area contributed by atoms with E-state index in [0.717, 1.165) is 10.8 Å². The molecule has 5 heteroatoms. The first-order valence-electron chi connectivity index (χ1n) is 4.23. The van der Waals surface area contributed by atoms with Gasteiger partial charge in [-0.2, -0.15) is 4.21 Å². The molecule has 2 aromatic carbocycles. The maximum absolute atomic E-state index is 10.4. The van der Waals surface area contributed by atoms with Crippen molar-refractivity contribution in [2.24, 2.45) is 0 Å². The maximum Gasteiger partial charge on any atom is 0.357 e. The summed E-state index contributed by atoms with van der Waals surface area (Å²) in [6.45, 7) is 0. The highest BCUT2D eigenvalue weighted by Crippen LogP contribution is 2.22.